The van der Waals surface area contributed by atoms with Crippen molar-refractivity contribution in [3.05, 3.63) is 74.5 Å². The van der Waals surface area contributed by atoms with Gasteiger partial charge in [0.15, 0.2) is 0 Å². The van der Waals surface area contributed by atoms with E-state index >= 15 is 0 Å². The van der Waals surface area contributed by atoms with Gasteiger partial charge in [0.05, 0.1) is 0 Å². The van der Waals surface area contributed by atoms with E-state index in [1.807, 2.05) is 0 Å². The van der Waals surface area contributed by atoms with Crippen molar-refractivity contribution in [2.24, 2.45) is 0 Å². The molecular formula is C20H32Zr2. The van der Waals surface area contributed by atoms with E-state index in [0.717, 1.165) is 0 Å². The molecular weight excluding hydrogens is 423 g/mol. The van der Waals surface area contributed by atoms with E-state index in [1.54, 1.807) is 0 Å². The fourth-order valence-corrected chi connectivity index (χ4v) is 1.92. The Morgan fingerprint density at radius 2 is 0.909 bits per heavy atom. The minimum Gasteiger partial charge on any atom is -0.358 e. The molecule has 0 radical (unpaired) electrons. The zero-order valence-corrected chi connectivity index (χ0v) is 19.8. The maximum Gasteiger partial charge on any atom is 4.00 e. The van der Waals surface area contributed by atoms with Crippen LogP contribution in [0.5, 0.6) is 0 Å². The van der Waals surface area contributed by atoms with Crippen molar-refractivity contribution in [2.45, 2.75) is 52.4 Å². The van der Waals surface area contributed by atoms with Crippen LogP contribution in [0.1, 0.15) is 50.7 Å². The molecule has 0 N–H and O–H groups in total. The number of hydrogen-bond acceptors (Lipinski definition) is 0. The van der Waals surface area contributed by atoms with Crippen LogP contribution in [0.3, 0.4) is 0 Å². The van der Waals surface area contributed by atoms with E-state index in [9.17, 15) is 0 Å². The molecule has 22 heavy (non-hydrogen) atoms. The quantitative estimate of drug-likeness (QED) is 0.443. The molecule has 0 aromatic heterocycles. The first-order chi connectivity index (χ1) is 8.86. The predicted molar refractivity (Wildman–Crippen MR) is 94.1 cm³/mol. The van der Waals surface area contributed by atoms with Gasteiger partial charge in [-0.05, 0) is 0 Å². The summed E-state index contributed by atoms with van der Waals surface area (Å²) in [6.45, 7) is 4.45. The molecule has 2 rings (SSSR count). The van der Waals surface area contributed by atoms with Gasteiger partial charge in [-0.25, -0.2) is 24.3 Å². The van der Waals surface area contributed by atoms with E-state index in [1.165, 1.54) is 49.7 Å². The molecule has 2 heteroatoms. The van der Waals surface area contributed by atoms with Crippen LogP contribution >= 0.6 is 0 Å². The molecule has 0 nitrogen and oxygen atoms in total. The van der Waals surface area contributed by atoms with Gasteiger partial charge in [-0.3, -0.25) is 0 Å². The Labute approximate surface area is 178 Å². The van der Waals surface area contributed by atoms with E-state index < -0.39 is 0 Å². The second-order valence-electron chi connectivity index (χ2n) is 4.79. The summed E-state index contributed by atoms with van der Waals surface area (Å²) < 4.78 is 0. The van der Waals surface area contributed by atoms with Gasteiger partial charge in [0, 0.05) is 26.2 Å². The Hall–Kier alpha value is 0.466. The standard InChI is InChI=1S/2C9H13.2CH3.2Zr/c2*1-2-3-6-9-7-4-5-8-9;;;;/h2*4-5,7-8H,2-3,6H2,1H3;2*1H3;;/q4*-1;;+4. The Morgan fingerprint density at radius 3 is 1.14 bits per heavy atom. The zero-order chi connectivity index (χ0) is 13.1. The number of aryl methyl sites for hydroxylation is 2. The second-order valence-corrected chi connectivity index (χ2v) is 4.79. The Kier molecular flexibility index (Phi) is 29.6. The molecule has 2 aromatic carbocycles. The van der Waals surface area contributed by atoms with Crippen LogP contribution in [-0.4, -0.2) is 0 Å². The molecule has 0 aliphatic rings. The molecule has 0 amide bonds. The molecule has 0 bridgehead atoms. The number of rotatable bonds is 6. The first kappa shape index (κ1) is 30.4. The van der Waals surface area contributed by atoms with Crippen LogP contribution in [-0.2, 0) is 65.2 Å². The topological polar surface area (TPSA) is 0 Å². The summed E-state index contributed by atoms with van der Waals surface area (Å²) in [5.74, 6) is 0. The van der Waals surface area contributed by atoms with Crippen LogP contribution in [0.25, 0.3) is 0 Å². The van der Waals surface area contributed by atoms with Gasteiger partial charge < -0.3 is 14.9 Å². The van der Waals surface area contributed by atoms with Crippen molar-refractivity contribution in [2.75, 3.05) is 0 Å². The summed E-state index contributed by atoms with van der Waals surface area (Å²) in [5.41, 5.74) is 2.97. The zero-order valence-electron chi connectivity index (χ0n) is 14.9. The Balaban J connectivity index is -0.000000125. The Morgan fingerprint density at radius 1 is 0.636 bits per heavy atom. The molecule has 0 atom stereocenters. The van der Waals surface area contributed by atoms with Crippen molar-refractivity contribution in [1.82, 2.24) is 0 Å². The van der Waals surface area contributed by atoms with Crippen LogP contribution in [0, 0.1) is 14.9 Å². The Bertz CT molecular complexity index is 322. The van der Waals surface area contributed by atoms with Crippen molar-refractivity contribution in [3.63, 3.8) is 0 Å². The van der Waals surface area contributed by atoms with Gasteiger partial charge in [-0.1, -0.05) is 52.4 Å². The molecule has 0 fully saturated rings. The van der Waals surface area contributed by atoms with Gasteiger partial charge in [-0.15, -0.1) is 0 Å². The molecule has 0 heterocycles. The average molecular weight is 455 g/mol. The van der Waals surface area contributed by atoms with Crippen LogP contribution in [0.4, 0.5) is 0 Å². The molecule has 0 spiro atoms. The van der Waals surface area contributed by atoms with E-state index in [-0.39, 0.29) is 67.3 Å². The van der Waals surface area contributed by atoms with Crippen molar-refractivity contribution in [1.29, 1.82) is 0 Å². The van der Waals surface area contributed by atoms with Gasteiger partial charge >= 0.3 is 26.2 Å². The third kappa shape index (κ3) is 15.4. The largest absolute Gasteiger partial charge is 4.00 e. The second kappa shape index (κ2) is 21.5. The smallest absolute Gasteiger partial charge is 0.358 e. The molecule has 2 aromatic rings. The molecule has 0 aliphatic heterocycles. The van der Waals surface area contributed by atoms with Gasteiger partial charge in [0.1, 0.15) is 0 Å². The minimum absolute atomic E-state index is 0. The normalized spacial score (nSPS) is 8.09. The summed E-state index contributed by atoms with van der Waals surface area (Å²) in [5, 5.41) is 0. The van der Waals surface area contributed by atoms with Gasteiger partial charge in [0.25, 0.3) is 0 Å². The molecule has 0 saturated heterocycles. The predicted octanol–water partition coefficient (Wildman–Crippen LogP) is 6.39. The summed E-state index contributed by atoms with van der Waals surface area (Å²) in [6, 6.07) is 17.2. The maximum absolute atomic E-state index is 2.23. The SMILES string of the molecule is CCCC[c-]1cccc1.CCCC[c-]1cccc1.[CH3-].[CH3-].[Zr+4].[Zr]. The van der Waals surface area contributed by atoms with Crippen LogP contribution in [0.15, 0.2) is 48.5 Å². The van der Waals surface area contributed by atoms with Gasteiger partial charge in [0.2, 0.25) is 0 Å². The van der Waals surface area contributed by atoms with Crippen LogP contribution < -0.4 is 0 Å². The monoisotopic (exact) mass is 452 g/mol. The summed E-state index contributed by atoms with van der Waals surface area (Å²) >= 11 is 0. The molecule has 0 saturated carbocycles. The fraction of sp³-hybridized carbons (Fsp3) is 0.400. The van der Waals surface area contributed by atoms with Gasteiger partial charge in [-0.2, -0.15) is 35.4 Å². The van der Waals surface area contributed by atoms with E-state index in [4.69, 9.17) is 0 Å². The van der Waals surface area contributed by atoms with Crippen molar-refractivity contribution >= 4 is 0 Å². The molecule has 0 unspecified atom stereocenters. The first-order valence-electron chi connectivity index (χ1n) is 7.28. The number of hydrogen-bond donors (Lipinski definition) is 0. The summed E-state index contributed by atoms with van der Waals surface area (Å²) in [4.78, 5) is 0. The minimum atomic E-state index is 0. The van der Waals surface area contributed by atoms with E-state index in [2.05, 4.69) is 62.4 Å². The maximum atomic E-state index is 2.23. The van der Waals surface area contributed by atoms with Crippen LogP contribution in [0.2, 0.25) is 0 Å². The van der Waals surface area contributed by atoms with E-state index in [0.29, 0.717) is 0 Å². The summed E-state index contributed by atoms with van der Waals surface area (Å²) in [6.07, 6.45) is 7.75. The average Bonchev–Trinajstić information content (AvgIpc) is 3.07. The molecule has 120 valence electrons. The fourth-order valence-electron chi connectivity index (χ4n) is 1.92. The third-order valence-corrected chi connectivity index (χ3v) is 3.10. The molecule has 0 aliphatic carbocycles. The summed E-state index contributed by atoms with van der Waals surface area (Å²) in [7, 11) is 0. The van der Waals surface area contributed by atoms with Crippen molar-refractivity contribution in [3.8, 4) is 0 Å². The third-order valence-electron chi connectivity index (χ3n) is 3.10. The number of unbranched alkanes of at least 4 members (excludes halogenated alkanes) is 2. The van der Waals surface area contributed by atoms with Crippen molar-refractivity contribution < 1.29 is 52.4 Å². The first-order valence-corrected chi connectivity index (χ1v) is 7.28.